The lowest BCUT2D eigenvalue weighted by Gasteiger charge is -2.26. The van der Waals surface area contributed by atoms with Gasteiger partial charge in [0.1, 0.15) is 11.5 Å². The molecule has 1 fully saturated rings. The highest BCUT2D eigenvalue weighted by atomic mass is 16.5. The van der Waals surface area contributed by atoms with Crippen molar-refractivity contribution in [2.45, 2.75) is 25.4 Å². The zero-order valence-electron chi connectivity index (χ0n) is 18.8. The van der Waals surface area contributed by atoms with Gasteiger partial charge in [-0.2, -0.15) is 5.10 Å². The molecular weight excluding hydrogens is 416 g/mol. The Bertz CT molecular complexity index is 1290. The third kappa shape index (κ3) is 4.02. The molecule has 7 heteroatoms. The van der Waals surface area contributed by atoms with E-state index in [-0.39, 0.29) is 11.9 Å². The molecule has 1 saturated heterocycles. The van der Waals surface area contributed by atoms with Gasteiger partial charge in [-0.05, 0) is 36.6 Å². The second-order valence-corrected chi connectivity index (χ2v) is 8.19. The molecule has 4 aromatic rings. The number of benzene rings is 2. The summed E-state index contributed by atoms with van der Waals surface area (Å²) in [7, 11) is 3.27. The lowest BCUT2D eigenvalue weighted by molar-refractivity contribution is 0.0734. The third-order valence-electron chi connectivity index (χ3n) is 6.21. The maximum atomic E-state index is 13.5. The zero-order chi connectivity index (χ0) is 22.8. The van der Waals surface area contributed by atoms with E-state index >= 15 is 0 Å². The summed E-state index contributed by atoms with van der Waals surface area (Å²) in [6.07, 6.45) is 5.26. The van der Waals surface area contributed by atoms with Crippen molar-refractivity contribution in [1.29, 1.82) is 0 Å². The zero-order valence-corrected chi connectivity index (χ0v) is 18.8. The van der Waals surface area contributed by atoms with E-state index in [0.717, 1.165) is 46.5 Å². The Hall–Kier alpha value is -3.87. The standard InChI is InChI=1S/C26H26N4O3/c1-32-21-10-11-22(24(14-21)33-2)23-9-6-12-29(23)26(31)20-13-19-16-28-30(25(19)27-15-20)17-18-7-4-3-5-8-18/h3-5,7-8,10-11,13-16,23H,6,9,12,17H2,1-2H3. The van der Waals surface area contributed by atoms with Crippen LogP contribution in [-0.4, -0.2) is 46.3 Å². The fourth-order valence-electron chi connectivity index (χ4n) is 4.55. The van der Waals surface area contributed by atoms with Crippen LogP contribution in [0.5, 0.6) is 11.5 Å². The molecule has 1 atom stereocenters. The Morgan fingerprint density at radius 3 is 2.70 bits per heavy atom. The van der Waals surface area contributed by atoms with E-state index in [4.69, 9.17) is 9.47 Å². The fourth-order valence-corrected chi connectivity index (χ4v) is 4.55. The molecule has 168 valence electrons. The van der Waals surface area contributed by atoms with Gasteiger partial charge in [0.15, 0.2) is 5.65 Å². The molecule has 33 heavy (non-hydrogen) atoms. The average Bonchev–Trinajstić information content (AvgIpc) is 3.51. The van der Waals surface area contributed by atoms with Gasteiger partial charge in [0, 0.05) is 29.8 Å². The Kier molecular flexibility index (Phi) is 5.69. The molecule has 1 aliphatic rings. The van der Waals surface area contributed by atoms with Crippen LogP contribution in [0.15, 0.2) is 67.0 Å². The van der Waals surface area contributed by atoms with E-state index in [0.29, 0.717) is 18.7 Å². The largest absolute Gasteiger partial charge is 0.497 e. The van der Waals surface area contributed by atoms with Gasteiger partial charge in [-0.15, -0.1) is 0 Å². The van der Waals surface area contributed by atoms with Crippen LogP contribution in [0, 0.1) is 0 Å². The minimum Gasteiger partial charge on any atom is -0.497 e. The Balaban J connectivity index is 1.41. The summed E-state index contributed by atoms with van der Waals surface area (Å²) < 4.78 is 12.8. The summed E-state index contributed by atoms with van der Waals surface area (Å²) in [6, 6.07) is 17.7. The van der Waals surface area contributed by atoms with Crippen LogP contribution in [0.4, 0.5) is 0 Å². The number of rotatable bonds is 6. The Morgan fingerprint density at radius 2 is 1.91 bits per heavy atom. The molecule has 1 amide bonds. The number of hydrogen-bond donors (Lipinski definition) is 0. The van der Waals surface area contributed by atoms with Crippen LogP contribution in [0.25, 0.3) is 11.0 Å². The van der Waals surface area contributed by atoms with E-state index in [1.165, 1.54) is 0 Å². The predicted octanol–water partition coefficient (Wildman–Crippen LogP) is 4.47. The van der Waals surface area contributed by atoms with Crippen molar-refractivity contribution < 1.29 is 14.3 Å². The molecule has 2 aromatic carbocycles. The smallest absolute Gasteiger partial charge is 0.255 e. The molecule has 2 aromatic heterocycles. The minimum atomic E-state index is -0.0464. The number of hydrogen-bond acceptors (Lipinski definition) is 5. The monoisotopic (exact) mass is 442 g/mol. The van der Waals surface area contributed by atoms with Gasteiger partial charge >= 0.3 is 0 Å². The predicted molar refractivity (Wildman–Crippen MR) is 126 cm³/mol. The number of pyridine rings is 1. The summed E-state index contributed by atoms with van der Waals surface area (Å²) in [6.45, 7) is 1.33. The number of ether oxygens (including phenoxy) is 2. The first-order valence-electron chi connectivity index (χ1n) is 11.1. The number of likely N-dealkylation sites (tertiary alicyclic amines) is 1. The molecule has 3 heterocycles. The molecule has 0 radical (unpaired) electrons. The van der Waals surface area contributed by atoms with Gasteiger partial charge in [0.05, 0.1) is 38.6 Å². The van der Waals surface area contributed by atoms with Crippen LogP contribution < -0.4 is 9.47 Å². The summed E-state index contributed by atoms with van der Waals surface area (Å²) in [5.41, 5.74) is 3.48. The first kappa shape index (κ1) is 21.0. The van der Waals surface area contributed by atoms with Crippen LogP contribution in [0.3, 0.4) is 0 Å². The highest BCUT2D eigenvalue weighted by molar-refractivity contribution is 5.97. The SMILES string of the molecule is COc1ccc(C2CCCN2C(=O)c2cnc3c(cnn3Cc3ccccc3)c2)c(OC)c1. The van der Waals surface area contributed by atoms with Crippen molar-refractivity contribution in [3.05, 3.63) is 83.7 Å². The second-order valence-electron chi connectivity index (χ2n) is 8.19. The minimum absolute atomic E-state index is 0.0272. The van der Waals surface area contributed by atoms with E-state index in [2.05, 4.69) is 22.2 Å². The van der Waals surface area contributed by atoms with Gasteiger partial charge in [0.25, 0.3) is 5.91 Å². The first-order chi connectivity index (χ1) is 16.2. The lowest BCUT2D eigenvalue weighted by Crippen LogP contribution is -2.30. The van der Waals surface area contributed by atoms with Crippen LogP contribution in [0.2, 0.25) is 0 Å². The molecule has 0 bridgehead atoms. The first-order valence-corrected chi connectivity index (χ1v) is 11.1. The van der Waals surface area contributed by atoms with Crippen molar-refractivity contribution >= 4 is 16.9 Å². The van der Waals surface area contributed by atoms with Crippen molar-refractivity contribution in [1.82, 2.24) is 19.7 Å². The molecular formula is C26H26N4O3. The van der Waals surface area contributed by atoms with Crippen molar-refractivity contribution in [3.63, 3.8) is 0 Å². The van der Waals surface area contributed by atoms with Crippen LogP contribution in [-0.2, 0) is 6.54 Å². The molecule has 1 unspecified atom stereocenters. The number of carbonyl (C=O) groups is 1. The van der Waals surface area contributed by atoms with Crippen LogP contribution in [0.1, 0.15) is 40.4 Å². The summed E-state index contributed by atoms with van der Waals surface area (Å²) in [5.74, 6) is 1.43. The van der Waals surface area contributed by atoms with E-state index in [1.807, 2.05) is 52.0 Å². The molecule has 5 rings (SSSR count). The Labute approximate surface area is 192 Å². The molecule has 0 aliphatic carbocycles. The molecule has 7 nitrogen and oxygen atoms in total. The van der Waals surface area contributed by atoms with Crippen molar-refractivity contribution in [2.75, 3.05) is 20.8 Å². The summed E-state index contributed by atoms with van der Waals surface area (Å²) >= 11 is 0. The van der Waals surface area contributed by atoms with Gasteiger partial charge in [-0.25, -0.2) is 9.67 Å². The van der Waals surface area contributed by atoms with Gasteiger partial charge < -0.3 is 14.4 Å². The second kappa shape index (κ2) is 8.94. The third-order valence-corrected chi connectivity index (χ3v) is 6.21. The number of carbonyl (C=O) groups excluding carboxylic acids is 1. The van der Waals surface area contributed by atoms with E-state index < -0.39 is 0 Å². The Morgan fingerprint density at radius 1 is 1.06 bits per heavy atom. The van der Waals surface area contributed by atoms with E-state index in [9.17, 15) is 4.79 Å². The summed E-state index contributed by atoms with van der Waals surface area (Å²) in [4.78, 5) is 20.0. The summed E-state index contributed by atoms with van der Waals surface area (Å²) in [5, 5.41) is 5.35. The molecule has 0 N–H and O–H groups in total. The maximum Gasteiger partial charge on any atom is 0.255 e. The number of methoxy groups -OCH3 is 2. The highest BCUT2D eigenvalue weighted by Crippen LogP contribution is 2.39. The molecule has 0 spiro atoms. The molecule has 0 saturated carbocycles. The van der Waals surface area contributed by atoms with Crippen molar-refractivity contribution in [3.8, 4) is 11.5 Å². The number of fused-ring (bicyclic) bond motifs is 1. The van der Waals surface area contributed by atoms with Crippen LogP contribution >= 0.6 is 0 Å². The van der Waals surface area contributed by atoms with Gasteiger partial charge in [-0.1, -0.05) is 30.3 Å². The van der Waals surface area contributed by atoms with Gasteiger partial charge in [-0.3, -0.25) is 4.79 Å². The fraction of sp³-hybridized carbons (Fsp3) is 0.269. The quantitative estimate of drug-likeness (QED) is 0.441. The molecule has 1 aliphatic heterocycles. The topological polar surface area (TPSA) is 69.5 Å². The lowest BCUT2D eigenvalue weighted by atomic mass is 10.0. The average molecular weight is 443 g/mol. The van der Waals surface area contributed by atoms with Crippen molar-refractivity contribution in [2.24, 2.45) is 0 Å². The highest BCUT2D eigenvalue weighted by Gasteiger charge is 2.33. The van der Waals surface area contributed by atoms with Gasteiger partial charge in [0.2, 0.25) is 0 Å². The van der Waals surface area contributed by atoms with E-state index in [1.54, 1.807) is 26.6 Å². The maximum absolute atomic E-state index is 13.5. The normalized spacial score (nSPS) is 15.7. The number of aromatic nitrogens is 3. The number of nitrogens with zero attached hydrogens (tertiary/aromatic N) is 4. The number of amides is 1.